The molecule has 0 aromatic carbocycles. The lowest BCUT2D eigenvalue weighted by Gasteiger charge is -2.35. The Kier molecular flexibility index (Phi) is 4.28. The zero-order valence-electron chi connectivity index (χ0n) is 11.4. The molecule has 4 nitrogen and oxygen atoms in total. The molecule has 0 amide bonds. The van der Waals surface area contributed by atoms with Crippen molar-refractivity contribution in [1.82, 2.24) is 4.98 Å². The van der Waals surface area contributed by atoms with E-state index in [0.717, 1.165) is 36.9 Å². The smallest absolute Gasteiger partial charge is 0.159 e. The summed E-state index contributed by atoms with van der Waals surface area (Å²) in [5.74, 6) is 0. The number of pyridine rings is 1. The molecule has 0 radical (unpaired) electrons. The monoisotopic (exact) mass is 278 g/mol. The Morgan fingerprint density at radius 3 is 2.63 bits per heavy atom. The molecular weight excluding hydrogens is 260 g/mol. The van der Waals surface area contributed by atoms with Crippen LogP contribution >= 0.6 is 11.6 Å². The molecule has 0 unspecified atom stereocenters. The molecule has 1 heterocycles. The van der Waals surface area contributed by atoms with E-state index in [-0.39, 0.29) is 0 Å². The molecule has 1 aliphatic carbocycles. The summed E-state index contributed by atoms with van der Waals surface area (Å²) in [6.07, 6.45) is 6.05. The highest BCUT2D eigenvalue weighted by Crippen LogP contribution is 2.31. The number of anilines is 1. The minimum absolute atomic E-state index is 0.294. The van der Waals surface area contributed by atoms with Gasteiger partial charge in [-0.3, -0.25) is 0 Å². The van der Waals surface area contributed by atoms with Crippen molar-refractivity contribution in [2.45, 2.75) is 44.7 Å². The molecule has 0 bridgehead atoms. The Morgan fingerprint density at radius 1 is 1.42 bits per heavy atom. The maximum absolute atomic E-state index is 8.93. The molecular formula is C14H19ClN4. The van der Waals surface area contributed by atoms with Gasteiger partial charge < -0.3 is 10.6 Å². The molecule has 2 rings (SSSR count). The summed E-state index contributed by atoms with van der Waals surface area (Å²) in [6.45, 7) is 1.94. The van der Waals surface area contributed by atoms with E-state index in [2.05, 4.69) is 16.9 Å². The fourth-order valence-corrected chi connectivity index (χ4v) is 2.88. The van der Waals surface area contributed by atoms with E-state index in [1.54, 1.807) is 6.20 Å². The largest absolute Gasteiger partial charge is 0.370 e. The van der Waals surface area contributed by atoms with E-state index in [1.807, 2.05) is 13.0 Å². The van der Waals surface area contributed by atoms with Crippen molar-refractivity contribution in [2.75, 3.05) is 11.9 Å². The number of aromatic nitrogens is 1. The number of hydrogen-bond acceptors (Lipinski definition) is 4. The second-order valence-corrected chi connectivity index (χ2v) is 5.60. The van der Waals surface area contributed by atoms with Gasteiger partial charge in [-0.2, -0.15) is 5.26 Å². The van der Waals surface area contributed by atoms with E-state index in [9.17, 15) is 0 Å². The van der Waals surface area contributed by atoms with Gasteiger partial charge in [0.15, 0.2) is 5.69 Å². The van der Waals surface area contributed by atoms with E-state index < -0.39 is 0 Å². The summed E-state index contributed by atoms with van der Waals surface area (Å²) in [5.41, 5.74) is 8.16. The predicted octanol–water partition coefficient (Wildman–Crippen LogP) is 2.62. The van der Waals surface area contributed by atoms with Gasteiger partial charge in [0, 0.05) is 19.1 Å². The molecule has 1 aromatic heterocycles. The maximum atomic E-state index is 8.93. The summed E-state index contributed by atoms with van der Waals surface area (Å²) in [6, 6.07) is 2.83. The predicted molar refractivity (Wildman–Crippen MR) is 77.3 cm³/mol. The minimum Gasteiger partial charge on any atom is -0.370 e. The lowest BCUT2D eigenvalue weighted by molar-refractivity contribution is 0.384. The molecule has 19 heavy (non-hydrogen) atoms. The average Bonchev–Trinajstić information content (AvgIpc) is 2.42. The molecule has 0 aliphatic heterocycles. The lowest BCUT2D eigenvalue weighted by atomic mass is 9.90. The Balaban J connectivity index is 2.22. The fraction of sp³-hybridized carbons (Fsp3) is 0.571. The lowest BCUT2D eigenvalue weighted by Crippen LogP contribution is -2.39. The van der Waals surface area contributed by atoms with Crippen LogP contribution in [0.4, 0.5) is 5.69 Å². The summed E-state index contributed by atoms with van der Waals surface area (Å²) < 4.78 is 0. The van der Waals surface area contributed by atoms with Gasteiger partial charge in [-0.25, -0.2) is 4.98 Å². The second-order valence-electron chi connectivity index (χ2n) is 5.22. The molecule has 5 heteroatoms. The van der Waals surface area contributed by atoms with Gasteiger partial charge in [0.25, 0.3) is 0 Å². The highest BCUT2D eigenvalue weighted by molar-refractivity contribution is 6.32. The summed E-state index contributed by atoms with van der Waals surface area (Å²) in [7, 11) is 2.06. The maximum Gasteiger partial charge on any atom is 0.159 e. The van der Waals surface area contributed by atoms with E-state index in [0.29, 0.717) is 22.8 Å². The van der Waals surface area contributed by atoms with Crippen molar-refractivity contribution in [1.29, 1.82) is 5.26 Å². The summed E-state index contributed by atoms with van der Waals surface area (Å²) in [4.78, 5) is 6.35. The number of nitrogens with two attached hydrogens (primary N) is 1. The molecule has 1 aliphatic rings. The van der Waals surface area contributed by atoms with Crippen LogP contribution in [0.5, 0.6) is 0 Å². The topological polar surface area (TPSA) is 65.9 Å². The first-order valence-corrected chi connectivity index (χ1v) is 6.96. The zero-order chi connectivity index (χ0) is 14.0. The van der Waals surface area contributed by atoms with Crippen LogP contribution < -0.4 is 10.6 Å². The van der Waals surface area contributed by atoms with Crippen LogP contribution in [-0.4, -0.2) is 24.1 Å². The van der Waals surface area contributed by atoms with Crippen molar-refractivity contribution in [3.8, 4) is 6.07 Å². The fourth-order valence-electron chi connectivity index (χ4n) is 2.69. The van der Waals surface area contributed by atoms with Gasteiger partial charge in [-0.15, -0.1) is 0 Å². The van der Waals surface area contributed by atoms with Crippen molar-refractivity contribution >= 4 is 17.3 Å². The van der Waals surface area contributed by atoms with E-state index >= 15 is 0 Å². The molecule has 1 fully saturated rings. The number of hydrogen-bond donors (Lipinski definition) is 1. The van der Waals surface area contributed by atoms with Crippen LogP contribution in [0.15, 0.2) is 6.20 Å². The molecule has 1 saturated carbocycles. The van der Waals surface area contributed by atoms with Gasteiger partial charge in [0.1, 0.15) is 6.07 Å². The van der Waals surface area contributed by atoms with Crippen molar-refractivity contribution in [3.63, 3.8) is 0 Å². The Hall–Kier alpha value is -1.31. The Labute approximate surface area is 119 Å². The van der Waals surface area contributed by atoms with E-state index in [1.165, 1.54) is 0 Å². The molecule has 0 atom stereocenters. The van der Waals surface area contributed by atoms with Gasteiger partial charge in [-0.05, 0) is 38.2 Å². The van der Waals surface area contributed by atoms with Gasteiger partial charge in [-0.1, -0.05) is 11.6 Å². The Bertz CT molecular complexity index is 501. The van der Waals surface area contributed by atoms with Crippen LogP contribution in [0.1, 0.15) is 36.9 Å². The van der Waals surface area contributed by atoms with Gasteiger partial charge in [0.05, 0.1) is 16.9 Å². The molecule has 0 saturated heterocycles. The minimum atomic E-state index is 0.294. The highest BCUT2D eigenvalue weighted by atomic mass is 35.5. The number of nitriles is 1. The first-order valence-electron chi connectivity index (χ1n) is 6.58. The normalized spacial score (nSPS) is 22.9. The summed E-state index contributed by atoms with van der Waals surface area (Å²) in [5, 5.41) is 9.38. The van der Waals surface area contributed by atoms with Crippen LogP contribution in [-0.2, 0) is 0 Å². The van der Waals surface area contributed by atoms with Crippen molar-refractivity contribution in [3.05, 3.63) is 22.5 Å². The molecule has 2 N–H and O–H groups in total. The third-order valence-corrected chi connectivity index (χ3v) is 4.47. The van der Waals surface area contributed by atoms with Crippen LogP contribution in [0.3, 0.4) is 0 Å². The number of halogens is 1. The molecule has 1 aromatic rings. The van der Waals surface area contributed by atoms with Crippen molar-refractivity contribution in [2.24, 2.45) is 5.73 Å². The second kappa shape index (κ2) is 5.77. The van der Waals surface area contributed by atoms with Crippen molar-refractivity contribution < 1.29 is 0 Å². The number of rotatable bonds is 2. The van der Waals surface area contributed by atoms with Gasteiger partial charge in [0.2, 0.25) is 0 Å². The van der Waals surface area contributed by atoms with E-state index in [4.69, 9.17) is 22.6 Å². The Morgan fingerprint density at radius 2 is 2.05 bits per heavy atom. The third kappa shape index (κ3) is 2.83. The van der Waals surface area contributed by atoms with Crippen LogP contribution in [0.25, 0.3) is 0 Å². The molecule has 102 valence electrons. The van der Waals surface area contributed by atoms with Crippen LogP contribution in [0, 0.1) is 18.3 Å². The zero-order valence-corrected chi connectivity index (χ0v) is 12.1. The first-order chi connectivity index (χ1) is 9.04. The standard InChI is InChI=1S/C14H19ClN4/c1-9-13(8-18-12(7-16)14(9)15)19(2)11-5-3-10(17)4-6-11/h8,10-11H,3-6,17H2,1-2H3. The highest BCUT2D eigenvalue weighted by Gasteiger charge is 2.24. The quantitative estimate of drug-likeness (QED) is 0.903. The third-order valence-electron chi connectivity index (χ3n) is 4.01. The SMILES string of the molecule is Cc1c(N(C)C2CCC(N)CC2)cnc(C#N)c1Cl. The average molecular weight is 279 g/mol. The summed E-state index contributed by atoms with van der Waals surface area (Å²) >= 11 is 6.17. The van der Waals surface area contributed by atoms with Gasteiger partial charge >= 0.3 is 0 Å². The number of nitrogens with zero attached hydrogens (tertiary/aromatic N) is 3. The molecule has 0 spiro atoms. The first kappa shape index (κ1) is 14.1. The van der Waals surface area contributed by atoms with Crippen LogP contribution in [0.2, 0.25) is 5.02 Å².